The normalized spacial score (nSPS) is 14.9. The van der Waals surface area contributed by atoms with Gasteiger partial charge in [-0.05, 0) is 25.8 Å². The number of halogens is 1. The van der Waals surface area contributed by atoms with Crippen LogP contribution >= 0.6 is 0 Å². The molecule has 0 aliphatic heterocycles. The molecular weight excluding hydrogens is 205 g/mol. The number of hydrogen-bond acceptors (Lipinski definition) is 2. The molecule has 0 amide bonds. The van der Waals surface area contributed by atoms with Gasteiger partial charge in [0.15, 0.2) is 11.6 Å². The summed E-state index contributed by atoms with van der Waals surface area (Å²) in [4.78, 5) is 0. The molecular formula is C13H20FNO. The third-order valence-electron chi connectivity index (χ3n) is 2.73. The summed E-state index contributed by atoms with van der Waals surface area (Å²) >= 11 is 0. The molecule has 0 saturated carbocycles. The zero-order valence-corrected chi connectivity index (χ0v) is 10.3. The lowest BCUT2D eigenvalue weighted by Crippen LogP contribution is -2.21. The van der Waals surface area contributed by atoms with Crippen molar-refractivity contribution in [3.05, 3.63) is 29.6 Å². The number of nitrogens with two attached hydrogens (primary N) is 1. The van der Waals surface area contributed by atoms with Crippen molar-refractivity contribution in [3.63, 3.8) is 0 Å². The van der Waals surface area contributed by atoms with Crippen LogP contribution in [0.1, 0.15) is 39.3 Å². The fraction of sp³-hybridized carbons (Fsp3) is 0.538. The Hall–Kier alpha value is -1.09. The van der Waals surface area contributed by atoms with Crippen molar-refractivity contribution >= 4 is 0 Å². The molecule has 1 unspecified atom stereocenters. The Morgan fingerprint density at radius 1 is 1.19 bits per heavy atom. The minimum atomic E-state index is -0.345. The largest absolute Gasteiger partial charge is 0.487 e. The lowest BCUT2D eigenvalue weighted by molar-refractivity contribution is 0.161. The lowest BCUT2D eigenvalue weighted by atomic mass is 10.1. The Labute approximate surface area is 96.6 Å². The van der Waals surface area contributed by atoms with Crippen LogP contribution in [0.5, 0.6) is 5.75 Å². The smallest absolute Gasteiger partial charge is 0.165 e. The third kappa shape index (κ3) is 2.95. The van der Waals surface area contributed by atoms with E-state index < -0.39 is 0 Å². The summed E-state index contributed by atoms with van der Waals surface area (Å²) in [5.74, 6) is 0.279. The molecule has 0 fully saturated rings. The second-order valence-corrected chi connectivity index (χ2v) is 4.51. The van der Waals surface area contributed by atoms with Crippen molar-refractivity contribution in [1.29, 1.82) is 0 Å². The molecule has 0 aliphatic carbocycles. The maximum atomic E-state index is 13.7. The first-order valence-corrected chi connectivity index (χ1v) is 5.64. The van der Waals surface area contributed by atoms with Crippen LogP contribution in [0, 0.1) is 11.7 Å². The highest BCUT2D eigenvalue weighted by atomic mass is 19.1. The number of rotatable bonds is 4. The summed E-state index contributed by atoms with van der Waals surface area (Å²) in [5.41, 5.74) is 6.50. The average Bonchev–Trinajstić information content (AvgIpc) is 2.20. The number of benzene rings is 1. The van der Waals surface area contributed by atoms with Crippen molar-refractivity contribution in [3.8, 4) is 5.75 Å². The zero-order valence-electron chi connectivity index (χ0n) is 10.3. The predicted octanol–water partition coefficient (Wildman–Crippen LogP) is 3.27. The minimum absolute atomic E-state index is 0.0330. The highest BCUT2D eigenvalue weighted by Crippen LogP contribution is 2.28. The Balaban J connectivity index is 3.01. The van der Waals surface area contributed by atoms with Gasteiger partial charge in [-0.1, -0.05) is 26.0 Å². The minimum Gasteiger partial charge on any atom is -0.487 e. The van der Waals surface area contributed by atoms with E-state index in [9.17, 15) is 4.39 Å². The molecule has 0 spiro atoms. The molecule has 0 heterocycles. The topological polar surface area (TPSA) is 35.2 Å². The van der Waals surface area contributed by atoms with Gasteiger partial charge in [-0.3, -0.25) is 0 Å². The van der Waals surface area contributed by atoms with Gasteiger partial charge in [0.05, 0.1) is 6.10 Å². The maximum Gasteiger partial charge on any atom is 0.165 e. The van der Waals surface area contributed by atoms with E-state index in [4.69, 9.17) is 10.5 Å². The second kappa shape index (κ2) is 5.30. The summed E-state index contributed by atoms with van der Waals surface area (Å²) in [6.45, 7) is 7.83. The molecule has 0 radical (unpaired) electrons. The van der Waals surface area contributed by atoms with E-state index in [2.05, 4.69) is 0 Å². The maximum absolute atomic E-state index is 13.7. The summed E-state index contributed by atoms with van der Waals surface area (Å²) in [6, 6.07) is 4.62. The van der Waals surface area contributed by atoms with Gasteiger partial charge in [0.25, 0.3) is 0 Å². The highest BCUT2D eigenvalue weighted by Gasteiger charge is 2.17. The molecule has 1 aromatic carbocycles. The van der Waals surface area contributed by atoms with E-state index in [1.165, 1.54) is 6.07 Å². The fourth-order valence-electron chi connectivity index (χ4n) is 1.33. The Morgan fingerprint density at radius 2 is 1.81 bits per heavy atom. The average molecular weight is 225 g/mol. The lowest BCUT2D eigenvalue weighted by Gasteiger charge is -2.21. The predicted molar refractivity (Wildman–Crippen MR) is 63.9 cm³/mol. The van der Waals surface area contributed by atoms with Gasteiger partial charge >= 0.3 is 0 Å². The third-order valence-corrected chi connectivity index (χ3v) is 2.73. The molecule has 0 bridgehead atoms. The fourth-order valence-corrected chi connectivity index (χ4v) is 1.33. The molecule has 1 rings (SSSR count). The van der Waals surface area contributed by atoms with Crippen molar-refractivity contribution < 1.29 is 9.13 Å². The first-order valence-electron chi connectivity index (χ1n) is 5.64. The molecule has 0 aliphatic rings. The van der Waals surface area contributed by atoms with Crippen LogP contribution in [0.25, 0.3) is 0 Å². The van der Waals surface area contributed by atoms with E-state index in [0.717, 1.165) is 0 Å². The van der Waals surface area contributed by atoms with Crippen LogP contribution in [0.4, 0.5) is 4.39 Å². The van der Waals surface area contributed by atoms with Crippen molar-refractivity contribution in [2.75, 3.05) is 0 Å². The molecule has 3 heteroatoms. The zero-order chi connectivity index (χ0) is 12.3. The van der Waals surface area contributed by atoms with Crippen molar-refractivity contribution in [2.24, 2.45) is 11.7 Å². The SMILES string of the molecule is CC(C)C(C)Oc1c(F)cccc1[C@H](C)N. The summed E-state index contributed by atoms with van der Waals surface area (Å²) in [7, 11) is 0. The molecule has 0 saturated heterocycles. The standard InChI is InChI=1S/C13H20FNO/c1-8(2)10(4)16-13-11(9(3)15)6-5-7-12(13)14/h5-10H,15H2,1-4H3/t9-,10?/m0/s1. The van der Waals surface area contributed by atoms with E-state index in [-0.39, 0.29) is 18.0 Å². The van der Waals surface area contributed by atoms with E-state index in [1.807, 2.05) is 27.7 Å². The van der Waals surface area contributed by atoms with Crippen LogP contribution in [0.15, 0.2) is 18.2 Å². The van der Waals surface area contributed by atoms with Gasteiger partial charge in [0, 0.05) is 11.6 Å². The van der Waals surface area contributed by atoms with Crippen LogP contribution in [-0.4, -0.2) is 6.10 Å². The monoisotopic (exact) mass is 225 g/mol. The van der Waals surface area contributed by atoms with Crippen molar-refractivity contribution in [2.45, 2.75) is 39.8 Å². The second-order valence-electron chi connectivity index (χ2n) is 4.51. The van der Waals surface area contributed by atoms with Gasteiger partial charge in [-0.25, -0.2) is 4.39 Å². The molecule has 0 aromatic heterocycles. The summed E-state index contributed by atoms with van der Waals surface area (Å²) in [6.07, 6.45) is -0.0330. The van der Waals surface area contributed by atoms with E-state index >= 15 is 0 Å². The molecule has 2 N–H and O–H groups in total. The summed E-state index contributed by atoms with van der Waals surface area (Å²) in [5, 5.41) is 0. The van der Waals surface area contributed by atoms with Crippen LogP contribution < -0.4 is 10.5 Å². The Kier molecular flexibility index (Phi) is 4.30. The molecule has 16 heavy (non-hydrogen) atoms. The molecule has 2 nitrogen and oxygen atoms in total. The van der Waals surface area contributed by atoms with Crippen molar-refractivity contribution in [1.82, 2.24) is 0 Å². The molecule has 90 valence electrons. The van der Waals surface area contributed by atoms with Gasteiger partial charge in [-0.2, -0.15) is 0 Å². The number of ether oxygens (including phenoxy) is 1. The number of hydrogen-bond donors (Lipinski definition) is 1. The van der Waals surface area contributed by atoms with Gasteiger partial charge in [0.1, 0.15) is 0 Å². The Bertz CT molecular complexity index is 350. The molecule has 2 atom stereocenters. The quantitative estimate of drug-likeness (QED) is 0.853. The van der Waals surface area contributed by atoms with Crippen LogP contribution in [0.3, 0.4) is 0 Å². The van der Waals surface area contributed by atoms with Gasteiger partial charge in [0.2, 0.25) is 0 Å². The van der Waals surface area contributed by atoms with E-state index in [0.29, 0.717) is 17.2 Å². The van der Waals surface area contributed by atoms with Gasteiger partial charge < -0.3 is 10.5 Å². The summed E-state index contributed by atoms with van der Waals surface area (Å²) < 4.78 is 19.3. The van der Waals surface area contributed by atoms with Gasteiger partial charge in [-0.15, -0.1) is 0 Å². The molecule has 1 aromatic rings. The Morgan fingerprint density at radius 3 is 2.31 bits per heavy atom. The first-order chi connectivity index (χ1) is 7.43. The first kappa shape index (κ1) is 13.0. The number of para-hydroxylation sites is 1. The highest BCUT2D eigenvalue weighted by molar-refractivity contribution is 5.37. The van der Waals surface area contributed by atoms with Crippen LogP contribution in [-0.2, 0) is 0 Å². The van der Waals surface area contributed by atoms with E-state index in [1.54, 1.807) is 12.1 Å². The van der Waals surface area contributed by atoms with Crippen LogP contribution in [0.2, 0.25) is 0 Å².